The first-order valence-electron chi connectivity index (χ1n) is 10.9. The van der Waals surface area contributed by atoms with Crippen molar-refractivity contribution in [3.8, 4) is 29.1 Å². The van der Waals surface area contributed by atoms with Crippen LogP contribution >= 0.6 is 0 Å². The topological polar surface area (TPSA) is 73.0 Å². The highest BCUT2D eigenvalue weighted by molar-refractivity contribution is 5.82. The van der Waals surface area contributed by atoms with Crippen LogP contribution in [-0.4, -0.2) is 21.6 Å². The molecule has 3 aromatic carbocycles. The number of imidazole rings is 1. The van der Waals surface area contributed by atoms with Crippen LogP contribution in [0.1, 0.15) is 17.0 Å². The van der Waals surface area contributed by atoms with Gasteiger partial charge in [0.25, 0.3) is 0 Å². The zero-order valence-corrected chi connectivity index (χ0v) is 19.0. The monoisotopic (exact) mass is 480 g/mol. The summed E-state index contributed by atoms with van der Waals surface area (Å²) in [5.74, 6) is -0.585. The summed E-state index contributed by atoms with van der Waals surface area (Å²) >= 11 is 0. The molecule has 0 atom stereocenters. The summed E-state index contributed by atoms with van der Waals surface area (Å²) in [6.45, 7) is 0. The van der Waals surface area contributed by atoms with Crippen LogP contribution < -0.4 is 9.47 Å². The number of benzene rings is 3. The zero-order valence-electron chi connectivity index (χ0n) is 19.0. The SMILES string of the molecule is COc1cccc(/C=C/c2nc3ccccc3n2-c2ccc(C#N)cn2)c1Oc1c(F)cccc1F. The molecule has 176 valence electrons. The van der Waals surface area contributed by atoms with Crippen LogP contribution in [0.5, 0.6) is 17.2 Å². The average Bonchev–Trinajstić information content (AvgIpc) is 3.28. The molecule has 0 saturated carbocycles. The minimum absolute atomic E-state index is 0.152. The molecule has 0 N–H and O–H groups in total. The minimum Gasteiger partial charge on any atom is -0.493 e. The molecule has 0 aliphatic carbocycles. The molecule has 0 aliphatic rings. The Morgan fingerprint density at radius 3 is 2.39 bits per heavy atom. The van der Waals surface area contributed by atoms with E-state index < -0.39 is 17.4 Å². The molecular formula is C28H18F2N4O2. The van der Waals surface area contributed by atoms with E-state index in [0.29, 0.717) is 28.5 Å². The number of rotatable bonds is 6. The number of hydrogen-bond acceptors (Lipinski definition) is 5. The van der Waals surface area contributed by atoms with Crippen molar-refractivity contribution in [2.45, 2.75) is 0 Å². The average molecular weight is 480 g/mol. The van der Waals surface area contributed by atoms with E-state index in [4.69, 9.17) is 19.7 Å². The first kappa shape index (κ1) is 22.7. The Balaban J connectivity index is 1.61. The lowest BCUT2D eigenvalue weighted by Gasteiger charge is -2.14. The van der Waals surface area contributed by atoms with E-state index in [-0.39, 0.29) is 5.75 Å². The van der Waals surface area contributed by atoms with Crippen molar-refractivity contribution in [3.05, 3.63) is 108 Å². The van der Waals surface area contributed by atoms with Gasteiger partial charge in [0.15, 0.2) is 28.9 Å². The van der Waals surface area contributed by atoms with Gasteiger partial charge in [0.05, 0.1) is 23.7 Å². The van der Waals surface area contributed by atoms with Crippen molar-refractivity contribution < 1.29 is 18.3 Å². The molecule has 8 heteroatoms. The fraction of sp³-hybridized carbons (Fsp3) is 0.0357. The van der Waals surface area contributed by atoms with Crippen molar-refractivity contribution in [1.29, 1.82) is 5.26 Å². The van der Waals surface area contributed by atoms with Gasteiger partial charge in [0.2, 0.25) is 0 Å². The Kier molecular flexibility index (Phi) is 6.12. The van der Waals surface area contributed by atoms with Crippen LogP contribution in [0.2, 0.25) is 0 Å². The summed E-state index contributed by atoms with van der Waals surface area (Å²) in [5, 5.41) is 9.12. The van der Waals surface area contributed by atoms with Gasteiger partial charge in [-0.1, -0.05) is 30.3 Å². The summed E-state index contributed by atoms with van der Waals surface area (Å²) < 4.78 is 41.5. The van der Waals surface area contributed by atoms with Crippen LogP contribution in [-0.2, 0) is 0 Å². The Labute approximate surface area is 205 Å². The van der Waals surface area contributed by atoms with Gasteiger partial charge in [0.1, 0.15) is 17.7 Å². The number of aromatic nitrogens is 3. The summed E-state index contributed by atoms with van der Waals surface area (Å²) in [5.41, 5.74) is 2.53. The maximum atomic E-state index is 14.3. The maximum Gasteiger partial charge on any atom is 0.198 e. The van der Waals surface area contributed by atoms with Gasteiger partial charge in [-0.25, -0.2) is 18.7 Å². The van der Waals surface area contributed by atoms with E-state index in [1.54, 1.807) is 42.5 Å². The quantitative estimate of drug-likeness (QED) is 0.276. The second-order valence-corrected chi connectivity index (χ2v) is 7.68. The van der Waals surface area contributed by atoms with Crippen molar-refractivity contribution in [1.82, 2.24) is 14.5 Å². The first-order valence-corrected chi connectivity index (χ1v) is 10.9. The van der Waals surface area contributed by atoms with Gasteiger partial charge < -0.3 is 9.47 Å². The van der Waals surface area contributed by atoms with Crippen molar-refractivity contribution in [2.75, 3.05) is 7.11 Å². The largest absolute Gasteiger partial charge is 0.493 e. The van der Waals surface area contributed by atoms with Crippen molar-refractivity contribution in [2.24, 2.45) is 0 Å². The van der Waals surface area contributed by atoms with Gasteiger partial charge in [0, 0.05) is 11.8 Å². The molecule has 2 aromatic heterocycles. The lowest BCUT2D eigenvalue weighted by molar-refractivity contribution is 0.359. The molecule has 36 heavy (non-hydrogen) atoms. The molecule has 5 aromatic rings. The van der Waals surface area contributed by atoms with Gasteiger partial charge in [-0.05, 0) is 54.6 Å². The summed E-state index contributed by atoms with van der Waals surface area (Å²) in [4.78, 5) is 9.13. The molecule has 0 spiro atoms. The van der Waals surface area contributed by atoms with Gasteiger partial charge in [-0.3, -0.25) is 4.57 Å². The third-order valence-electron chi connectivity index (χ3n) is 5.46. The molecule has 5 rings (SSSR count). The molecule has 0 amide bonds. The number of pyridine rings is 1. The van der Waals surface area contributed by atoms with Crippen LogP contribution in [0, 0.1) is 23.0 Å². The number of nitrogens with zero attached hydrogens (tertiary/aromatic N) is 4. The first-order chi connectivity index (χ1) is 17.6. The van der Waals surface area contributed by atoms with E-state index in [2.05, 4.69) is 11.1 Å². The highest BCUT2D eigenvalue weighted by Gasteiger charge is 2.17. The number of hydrogen-bond donors (Lipinski definition) is 0. The fourth-order valence-corrected chi connectivity index (χ4v) is 3.76. The van der Waals surface area contributed by atoms with Crippen LogP contribution in [0.4, 0.5) is 8.78 Å². The predicted molar refractivity (Wildman–Crippen MR) is 132 cm³/mol. The van der Waals surface area contributed by atoms with E-state index >= 15 is 0 Å². The summed E-state index contributed by atoms with van der Waals surface area (Å²) in [6.07, 6.45) is 4.96. The smallest absolute Gasteiger partial charge is 0.198 e. The molecule has 0 saturated heterocycles. The van der Waals surface area contributed by atoms with Gasteiger partial charge >= 0.3 is 0 Å². The lowest BCUT2D eigenvalue weighted by atomic mass is 10.1. The molecule has 0 radical (unpaired) electrons. The highest BCUT2D eigenvalue weighted by atomic mass is 19.1. The number of halogens is 2. The second-order valence-electron chi connectivity index (χ2n) is 7.68. The zero-order chi connectivity index (χ0) is 25.1. The second kappa shape index (κ2) is 9.68. The predicted octanol–water partition coefficient (Wildman–Crippen LogP) is 6.54. The maximum absolute atomic E-state index is 14.3. The Hall–Kier alpha value is -5.03. The van der Waals surface area contributed by atoms with E-state index in [1.165, 1.54) is 19.4 Å². The fourth-order valence-electron chi connectivity index (χ4n) is 3.76. The standard InChI is InChI=1S/C28H18F2N4O2/c1-35-24-11-4-6-19(27(24)36-28-20(29)7-5-8-21(28)30)13-15-26-33-22-9-2-3-10-23(22)34(26)25-14-12-18(16-31)17-32-25/h2-15,17H,1H3/b15-13+. The van der Waals surface area contributed by atoms with E-state index in [1.807, 2.05) is 28.8 Å². The van der Waals surface area contributed by atoms with Gasteiger partial charge in [-0.2, -0.15) is 5.26 Å². The van der Waals surface area contributed by atoms with E-state index in [0.717, 1.165) is 23.2 Å². The molecule has 6 nitrogen and oxygen atoms in total. The molecule has 0 aliphatic heterocycles. The van der Waals surface area contributed by atoms with Gasteiger partial charge in [-0.15, -0.1) is 0 Å². The van der Waals surface area contributed by atoms with Crippen molar-refractivity contribution in [3.63, 3.8) is 0 Å². The highest BCUT2D eigenvalue weighted by Crippen LogP contribution is 2.38. The van der Waals surface area contributed by atoms with Crippen LogP contribution in [0.25, 0.3) is 29.0 Å². The normalized spacial score (nSPS) is 11.1. The number of methoxy groups -OCH3 is 1. The minimum atomic E-state index is -0.829. The molecule has 0 unspecified atom stereocenters. The molecule has 0 bridgehead atoms. The summed E-state index contributed by atoms with van der Waals surface area (Å²) in [7, 11) is 1.45. The van der Waals surface area contributed by atoms with Crippen molar-refractivity contribution >= 4 is 23.2 Å². The van der Waals surface area contributed by atoms with Crippen LogP contribution in [0.3, 0.4) is 0 Å². The number of ether oxygens (including phenoxy) is 2. The molecule has 0 fully saturated rings. The third kappa shape index (κ3) is 4.26. The van der Waals surface area contributed by atoms with E-state index in [9.17, 15) is 8.78 Å². The number of para-hydroxylation sites is 4. The summed E-state index contributed by atoms with van der Waals surface area (Å²) in [6, 6.07) is 21.7. The van der Waals surface area contributed by atoms with Crippen LogP contribution in [0.15, 0.2) is 79.0 Å². The lowest BCUT2D eigenvalue weighted by Crippen LogP contribution is -2.00. The molecule has 2 heterocycles. The third-order valence-corrected chi connectivity index (χ3v) is 5.46. The Morgan fingerprint density at radius 1 is 0.889 bits per heavy atom. The Bertz CT molecular complexity index is 1620. The molecular weight excluding hydrogens is 462 g/mol. The number of fused-ring (bicyclic) bond motifs is 1. The number of nitriles is 1. The Morgan fingerprint density at radius 2 is 1.67 bits per heavy atom.